The Kier molecular flexibility index (Phi) is 9.37. The summed E-state index contributed by atoms with van der Waals surface area (Å²) in [7, 11) is 0. The molecule has 0 aliphatic carbocycles. The second-order valence-corrected chi connectivity index (χ2v) is 8.86. The van der Waals surface area contributed by atoms with Crippen molar-refractivity contribution >= 4 is 23.6 Å². The molecule has 0 fully saturated rings. The van der Waals surface area contributed by atoms with Crippen molar-refractivity contribution in [1.82, 2.24) is 10.2 Å². The molecule has 2 amide bonds. The van der Waals surface area contributed by atoms with E-state index in [4.69, 9.17) is 0 Å². The molecule has 2 aromatic carbocycles. The second kappa shape index (κ2) is 11.7. The lowest BCUT2D eigenvalue weighted by atomic mass is 10.1. The Morgan fingerprint density at radius 2 is 1.70 bits per heavy atom. The minimum absolute atomic E-state index is 0.114. The largest absolute Gasteiger partial charge is 0.354 e. The Balaban J connectivity index is 2.17. The fourth-order valence-corrected chi connectivity index (χ4v) is 3.78. The summed E-state index contributed by atoms with van der Waals surface area (Å²) in [5.74, 6) is -0.0328. The molecular weight excluding hydrogens is 399 g/mol. The van der Waals surface area contributed by atoms with Gasteiger partial charge >= 0.3 is 0 Å². The zero-order valence-corrected chi connectivity index (χ0v) is 19.0. The van der Waals surface area contributed by atoms with Crippen molar-refractivity contribution in [3.8, 4) is 0 Å². The van der Waals surface area contributed by atoms with E-state index in [1.165, 1.54) is 23.9 Å². The minimum Gasteiger partial charge on any atom is -0.354 e. The summed E-state index contributed by atoms with van der Waals surface area (Å²) in [6.45, 7) is 8.80. The van der Waals surface area contributed by atoms with Crippen LogP contribution < -0.4 is 5.32 Å². The standard InChI is InChI=1S/C24H31FN2O2S/c1-5-22(24(29)26-14-17(2)3)27(15-19-8-10-20(25)11-9-19)23(28)16-30-21-12-6-18(4)7-13-21/h6-13,17,22H,5,14-16H2,1-4H3,(H,26,29)/t22-/m1/s1. The van der Waals surface area contributed by atoms with E-state index < -0.39 is 6.04 Å². The highest BCUT2D eigenvalue weighted by atomic mass is 32.2. The van der Waals surface area contributed by atoms with Crippen LogP contribution in [-0.4, -0.2) is 35.1 Å². The number of aryl methyl sites for hydroxylation is 1. The topological polar surface area (TPSA) is 49.4 Å². The number of hydrogen-bond donors (Lipinski definition) is 1. The summed E-state index contributed by atoms with van der Waals surface area (Å²) in [4.78, 5) is 28.6. The first-order valence-electron chi connectivity index (χ1n) is 10.3. The lowest BCUT2D eigenvalue weighted by molar-refractivity contribution is -0.139. The van der Waals surface area contributed by atoms with Gasteiger partial charge in [0.15, 0.2) is 0 Å². The summed E-state index contributed by atoms with van der Waals surface area (Å²) in [5, 5.41) is 2.94. The molecular formula is C24H31FN2O2S. The Morgan fingerprint density at radius 3 is 2.27 bits per heavy atom. The first-order valence-corrected chi connectivity index (χ1v) is 11.3. The molecule has 0 aliphatic heterocycles. The minimum atomic E-state index is -0.570. The number of thioether (sulfide) groups is 1. The molecule has 0 spiro atoms. The third-order valence-corrected chi connectivity index (χ3v) is 5.72. The highest BCUT2D eigenvalue weighted by molar-refractivity contribution is 8.00. The van der Waals surface area contributed by atoms with Gasteiger partial charge < -0.3 is 10.2 Å². The summed E-state index contributed by atoms with van der Waals surface area (Å²) < 4.78 is 13.3. The number of halogens is 1. The predicted octanol–water partition coefficient (Wildman–Crippen LogP) is 4.81. The molecule has 1 N–H and O–H groups in total. The number of nitrogens with zero attached hydrogens (tertiary/aromatic N) is 1. The number of benzene rings is 2. The van der Waals surface area contributed by atoms with Gasteiger partial charge in [-0.15, -0.1) is 11.8 Å². The van der Waals surface area contributed by atoms with E-state index in [2.05, 4.69) is 5.32 Å². The number of carbonyl (C=O) groups is 2. The van der Waals surface area contributed by atoms with Crippen LogP contribution in [0.5, 0.6) is 0 Å². The number of carbonyl (C=O) groups excluding carboxylic acids is 2. The van der Waals surface area contributed by atoms with Crippen LogP contribution in [0.2, 0.25) is 0 Å². The van der Waals surface area contributed by atoms with Crippen LogP contribution in [-0.2, 0) is 16.1 Å². The number of nitrogens with one attached hydrogen (secondary N) is 1. The average Bonchev–Trinajstić information content (AvgIpc) is 2.72. The Morgan fingerprint density at radius 1 is 1.07 bits per heavy atom. The molecule has 0 aliphatic rings. The SMILES string of the molecule is CC[C@H](C(=O)NCC(C)C)N(Cc1ccc(F)cc1)C(=O)CSc1ccc(C)cc1. The van der Waals surface area contributed by atoms with E-state index in [1.54, 1.807) is 17.0 Å². The van der Waals surface area contributed by atoms with Crippen molar-refractivity contribution in [2.24, 2.45) is 5.92 Å². The maximum atomic E-state index is 13.3. The first-order chi connectivity index (χ1) is 14.3. The van der Waals surface area contributed by atoms with Crippen LogP contribution in [0.1, 0.15) is 38.3 Å². The van der Waals surface area contributed by atoms with Crippen molar-refractivity contribution in [3.63, 3.8) is 0 Å². The first kappa shape index (κ1) is 23.9. The molecule has 0 saturated heterocycles. The third-order valence-electron chi connectivity index (χ3n) is 4.72. The molecule has 30 heavy (non-hydrogen) atoms. The van der Waals surface area contributed by atoms with Gasteiger partial charge in [0.25, 0.3) is 0 Å². The molecule has 162 valence electrons. The van der Waals surface area contributed by atoms with Crippen LogP contribution in [0.4, 0.5) is 4.39 Å². The van der Waals surface area contributed by atoms with Gasteiger partial charge in [0.05, 0.1) is 5.75 Å². The van der Waals surface area contributed by atoms with E-state index in [9.17, 15) is 14.0 Å². The Bertz CT molecular complexity index is 822. The molecule has 0 unspecified atom stereocenters. The van der Waals surface area contributed by atoms with Gasteiger partial charge in [0, 0.05) is 18.0 Å². The van der Waals surface area contributed by atoms with Gasteiger partial charge in [-0.05, 0) is 49.1 Å². The number of rotatable bonds is 10. The van der Waals surface area contributed by atoms with Crippen LogP contribution in [0.3, 0.4) is 0 Å². The smallest absolute Gasteiger partial charge is 0.242 e. The van der Waals surface area contributed by atoms with Crippen LogP contribution in [0.15, 0.2) is 53.4 Å². The van der Waals surface area contributed by atoms with Crippen molar-refractivity contribution in [2.75, 3.05) is 12.3 Å². The Hall–Kier alpha value is -2.34. The van der Waals surface area contributed by atoms with Gasteiger partial charge in [-0.3, -0.25) is 9.59 Å². The predicted molar refractivity (Wildman–Crippen MR) is 121 cm³/mol. The molecule has 2 aromatic rings. The molecule has 6 heteroatoms. The lowest BCUT2D eigenvalue weighted by Crippen LogP contribution is -2.50. The van der Waals surface area contributed by atoms with Crippen LogP contribution in [0, 0.1) is 18.7 Å². The fraction of sp³-hybridized carbons (Fsp3) is 0.417. The van der Waals surface area contributed by atoms with Crippen molar-refractivity contribution in [1.29, 1.82) is 0 Å². The third kappa shape index (κ3) is 7.48. The molecule has 0 saturated carbocycles. The summed E-state index contributed by atoms with van der Waals surface area (Å²) >= 11 is 1.45. The quantitative estimate of drug-likeness (QED) is 0.551. The van der Waals surface area contributed by atoms with Crippen molar-refractivity contribution in [3.05, 3.63) is 65.5 Å². The van der Waals surface area contributed by atoms with Crippen LogP contribution >= 0.6 is 11.8 Å². The second-order valence-electron chi connectivity index (χ2n) is 7.81. The van der Waals surface area contributed by atoms with Crippen molar-refractivity contribution in [2.45, 2.75) is 51.6 Å². The molecule has 0 radical (unpaired) electrons. The highest BCUT2D eigenvalue weighted by Crippen LogP contribution is 2.21. The molecule has 0 heterocycles. The van der Waals surface area contributed by atoms with E-state index in [0.717, 1.165) is 16.0 Å². The lowest BCUT2D eigenvalue weighted by Gasteiger charge is -2.31. The summed E-state index contributed by atoms with van der Waals surface area (Å²) in [5.41, 5.74) is 1.96. The molecule has 2 rings (SSSR count). The van der Waals surface area contributed by atoms with Gasteiger partial charge in [-0.1, -0.05) is 50.6 Å². The molecule has 1 atom stereocenters. The highest BCUT2D eigenvalue weighted by Gasteiger charge is 2.28. The van der Waals surface area contributed by atoms with Crippen LogP contribution in [0.25, 0.3) is 0 Å². The van der Waals surface area contributed by atoms with E-state index in [0.29, 0.717) is 18.9 Å². The van der Waals surface area contributed by atoms with E-state index in [1.807, 2.05) is 52.0 Å². The van der Waals surface area contributed by atoms with Crippen molar-refractivity contribution < 1.29 is 14.0 Å². The molecule has 0 bridgehead atoms. The fourth-order valence-electron chi connectivity index (χ4n) is 2.99. The average molecular weight is 431 g/mol. The summed E-state index contributed by atoms with van der Waals surface area (Å²) in [6, 6.07) is 13.5. The van der Waals surface area contributed by atoms with E-state index in [-0.39, 0.29) is 29.9 Å². The van der Waals surface area contributed by atoms with Gasteiger partial charge in [0.1, 0.15) is 11.9 Å². The maximum Gasteiger partial charge on any atom is 0.242 e. The van der Waals surface area contributed by atoms with Gasteiger partial charge in [0.2, 0.25) is 11.8 Å². The van der Waals surface area contributed by atoms with Gasteiger partial charge in [-0.25, -0.2) is 4.39 Å². The Labute approximate surface area is 183 Å². The van der Waals surface area contributed by atoms with Gasteiger partial charge in [-0.2, -0.15) is 0 Å². The zero-order chi connectivity index (χ0) is 22.1. The summed E-state index contributed by atoms with van der Waals surface area (Å²) in [6.07, 6.45) is 0.506. The molecule has 0 aromatic heterocycles. The monoisotopic (exact) mass is 430 g/mol. The zero-order valence-electron chi connectivity index (χ0n) is 18.2. The normalized spacial score (nSPS) is 11.9. The number of hydrogen-bond acceptors (Lipinski definition) is 3. The molecule has 4 nitrogen and oxygen atoms in total. The van der Waals surface area contributed by atoms with E-state index >= 15 is 0 Å². The number of amides is 2. The maximum absolute atomic E-state index is 13.3.